The molecule has 0 atom stereocenters. The molecule has 0 bridgehead atoms. The van der Waals surface area contributed by atoms with Crippen LogP contribution >= 0.6 is 34.2 Å². The Hall–Kier alpha value is -0.670. The van der Waals surface area contributed by atoms with Crippen LogP contribution in [0.3, 0.4) is 0 Å². The van der Waals surface area contributed by atoms with Crippen molar-refractivity contribution in [2.24, 2.45) is 0 Å². The van der Waals surface area contributed by atoms with Gasteiger partial charge in [-0.2, -0.15) is 0 Å². The third kappa shape index (κ3) is 12.6. The molecule has 0 radical (unpaired) electrons. The minimum atomic E-state index is -0.298. The molecule has 0 saturated heterocycles. The van der Waals surface area contributed by atoms with Crippen molar-refractivity contribution in [2.75, 3.05) is 25.5 Å². The maximum atomic E-state index is 13.0. The summed E-state index contributed by atoms with van der Waals surface area (Å²) in [6.07, 6.45) is 15.7. The summed E-state index contributed by atoms with van der Waals surface area (Å²) >= 11 is 3.77. The Kier molecular flexibility index (Phi) is 17.1. The summed E-state index contributed by atoms with van der Waals surface area (Å²) in [7, 11) is 1.94. The van der Waals surface area contributed by atoms with Gasteiger partial charge in [-0.1, -0.05) is 71.6 Å². The van der Waals surface area contributed by atoms with Gasteiger partial charge in [0.05, 0.1) is 12.2 Å². The van der Waals surface area contributed by atoms with E-state index in [2.05, 4.69) is 42.0 Å². The third-order valence-electron chi connectivity index (χ3n) is 5.76. The lowest BCUT2D eigenvalue weighted by atomic mass is 9.99. The summed E-state index contributed by atoms with van der Waals surface area (Å²) in [6, 6.07) is 0. The number of carbonyl (C=O) groups is 2. The van der Waals surface area contributed by atoms with Crippen molar-refractivity contribution in [3.05, 3.63) is 16.0 Å². The van der Waals surface area contributed by atoms with Crippen LogP contribution in [0.2, 0.25) is 0 Å². The third-order valence-corrected chi connectivity index (χ3v) is 7.45. The molecule has 33 heavy (non-hydrogen) atoms. The number of hydrogen-bond donors (Lipinski definition) is 1. The summed E-state index contributed by atoms with van der Waals surface area (Å²) in [4.78, 5) is 26.8. The lowest BCUT2D eigenvalue weighted by Crippen LogP contribution is -2.19. The highest BCUT2D eigenvalue weighted by atomic mass is 127. The van der Waals surface area contributed by atoms with Crippen molar-refractivity contribution >= 4 is 51.1 Å². The molecule has 0 aliphatic carbocycles. The largest absolute Gasteiger partial charge is 0.462 e. The number of ether oxygens (including phenoxy) is 1. The van der Waals surface area contributed by atoms with E-state index in [1.54, 1.807) is 11.3 Å². The molecule has 1 rings (SSSR count). The van der Waals surface area contributed by atoms with Gasteiger partial charge in [-0.3, -0.25) is 7.91 Å². The van der Waals surface area contributed by atoms with Gasteiger partial charge in [0, 0.05) is 40.7 Å². The average molecular weight is 593 g/mol. The zero-order valence-electron chi connectivity index (χ0n) is 21.3. The first-order valence-electron chi connectivity index (χ1n) is 12.9. The number of esters is 1. The number of nitrogens with one attached hydrogen (secondary N) is 1. The summed E-state index contributed by atoms with van der Waals surface area (Å²) in [5, 5.41) is 3.72. The first-order valence-corrected chi connectivity index (χ1v) is 14.7. The number of halogens is 1. The predicted molar refractivity (Wildman–Crippen MR) is 150 cm³/mol. The molecule has 190 valence electrons. The van der Waals surface area contributed by atoms with Crippen LogP contribution in [-0.2, 0) is 22.4 Å². The number of thiophene rings is 1. The van der Waals surface area contributed by atoms with Crippen LogP contribution in [0.15, 0.2) is 0 Å². The Morgan fingerprint density at radius 3 is 2.06 bits per heavy atom. The van der Waals surface area contributed by atoms with Crippen molar-refractivity contribution < 1.29 is 14.3 Å². The molecule has 0 aliphatic heterocycles. The monoisotopic (exact) mass is 592 g/mol. The van der Waals surface area contributed by atoms with Crippen LogP contribution in [0.1, 0.15) is 119 Å². The number of nitrogens with zero attached hydrogens (tertiary/aromatic N) is 1. The first-order chi connectivity index (χ1) is 15.9. The Morgan fingerprint density at radius 2 is 1.48 bits per heavy atom. The fourth-order valence-corrected chi connectivity index (χ4v) is 5.44. The Morgan fingerprint density at radius 1 is 0.909 bits per heavy atom. The van der Waals surface area contributed by atoms with Crippen LogP contribution < -0.4 is 5.32 Å². The number of amides is 1. The van der Waals surface area contributed by atoms with E-state index in [0.717, 1.165) is 31.2 Å². The second-order valence-electron chi connectivity index (χ2n) is 8.74. The molecule has 0 aromatic carbocycles. The molecule has 0 aliphatic rings. The fraction of sp³-hybridized carbons (Fsp3) is 0.769. The van der Waals surface area contributed by atoms with Crippen molar-refractivity contribution in [1.82, 2.24) is 3.11 Å². The van der Waals surface area contributed by atoms with E-state index in [9.17, 15) is 9.59 Å². The van der Waals surface area contributed by atoms with Gasteiger partial charge in [0.15, 0.2) is 0 Å². The molecule has 1 N–H and O–H groups in total. The number of anilines is 1. The zero-order chi connectivity index (χ0) is 24.5. The van der Waals surface area contributed by atoms with E-state index in [0.29, 0.717) is 30.1 Å². The molecular weight excluding hydrogens is 547 g/mol. The number of carbonyl (C=O) groups excluding carboxylic acids is 2. The van der Waals surface area contributed by atoms with Gasteiger partial charge in [-0.05, 0) is 45.2 Å². The minimum absolute atomic E-state index is 0.0501. The van der Waals surface area contributed by atoms with Gasteiger partial charge in [-0.25, -0.2) is 4.79 Å². The van der Waals surface area contributed by atoms with Gasteiger partial charge in [0.1, 0.15) is 5.00 Å². The molecule has 7 heteroatoms. The van der Waals surface area contributed by atoms with Gasteiger partial charge in [-0.15, -0.1) is 11.3 Å². The molecule has 1 heterocycles. The standard InChI is InChI=1S/C26H45IN2O3S/c1-5-8-10-12-14-15-17-21-22(18-16-13-11-9-6-2)33-25(24(21)26(31)32-7-3)28-23(30)19-20-29(4)27/h5-20H2,1-4H3,(H,28,30). The molecule has 0 saturated carbocycles. The quantitative estimate of drug-likeness (QED) is 0.0767. The average Bonchev–Trinajstić information content (AvgIpc) is 3.11. The SMILES string of the molecule is CCCCCCCCc1c(CCCCCCC)sc(NC(=O)CCN(C)I)c1C(=O)OCC. The van der Waals surface area contributed by atoms with Crippen LogP contribution in [0.4, 0.5) is 5.00 Å². The highest BCUT2D eigenvalue weighted by Crippen LogP contribution is 2.37. The number of aryl methyl sites for hydroxylation is 1. The van der Waals surface area contributed by atoms with E-state index < -0.39 is 0 Å². The maximum absolute atomic E-state index is 13.0. The molecule has 1 amide bonds. The van der Waals surface area contributed by atoms with Crippen molar-refractivity contribution in [3.8, 4) is 0 Å². The van der Waals surface area contributed by atoms with Gasteiger partial charge >= 0.3 is 5.97 Å². The number of unbranched alkanes of at least 4 members (excludes halogenated alkanes) is 9. The first kappa shape index (κ1) is 30.4. The van der Waals surface area contributed by atoms with E-state index in [1.165, 1.54) is 62.7 Å². The molecule has 5 nitrogen and oxygen atoms in total. The molecule has 1 aromatic heterocycles. The number of rotatable bonds is 19. The summed E-state index contributed by atoms with van der Waals surface area (Å²) < 4.78 is 7.39. The second-order valence-corrected chi connectivity index (χ2v) is 11.5. The van der Waals surface area contributed by atoms with E-state index in [4.69, 9.17) is 4.74 Å². The van der Waals surface area contributed by atoms with Gasteiger partial charge in [0.2, 0.25) is 5.91 Å². The molecule has 0 fully saturated rings. The molecule has 0 spiro atoms. The predicted octanol–water partition coefficient (Wildman–Crippen LogP) is 7.95. The summed E-state index contributed by atoms with van der Waals surface area (Å²) in [5.74, 6) is -0.348. The Bertz CT molecular complexity index is 691. The minimum Gasteiger partial charge on any atom is -0.462 e. The lowest BCUT2D eigenvalue weighted by Gasteiger charge is -2.10. The van der Waals surface area contributed by atoms with Crippen LogP contribution in [0.5, 0.6) is 0 Å². The van der Waals surface area contributed by atoms with Crippen LogP contribution in [0.25, 0.3) is 0 Å². The van der Waals surface area contributed by atoms with Crippen LogP contribution in [0, 0.1) is 0 Å². The van der Waals surface area contributed by atoms with Crippen molar-refractivity contribution in [2.45, 2.75) is 111 Å². The van der Waals surface area contributed by atoms with Gasteiger partial charge < -0.3 is 10.1 Å². The Balaban J connectivity index is 3.04. The Labute approximate surface area is 219 Å². The van der Waals surface area contributed by atoms with E-state index in [-0.39, 0.29) is 11.9 Å². The molecule has 0 unspecified atom stereocenters. The molecular formula is C26H45IN2O3S. The van der Waals surface area contributed by atoms with E-state index in [1.807, 2.05) is 17.1 Å². The molecule has 1 aromatic rings. The van der Waals surface area contributed by atoms with Crippen LogP contribution in [-0.4, -0.2) is 35.2 Å². The fourth-order valence-electron chi connectivity index (χ4n) is 3.90. The maximum Gasteiger partial charge on any atom is 0.341 e. The highest BCUT2D eigenvalue weighted by Gasteiger charge is 2.25. The van der Waals surface area contributed by atoms with Crippen molar-refractivity contribution in [3.63, 3.8) is 0 Å². The van der Waals surface area contributed by atoms with E-state index >= 15 is 0 Å². The van der Waals surface area contributed by atoms with Gasteiger partial charge in [0.25, 0.3) is 0 Å². The normalized spacial score (nSPS) is 11.2. The number of hydrogen-bond acceptors (Lipinski definition) is 5. The second kappa shape index (κ2) is 18.6. The highest BCUT2D eigenvalue weighted by molar-refractivity contribution is 14.1. The smallest absolute Gasteiger partial charge is 0.341 e. The summed E-state index contributed by atoms with van der Waals surface area (Å²) in [6.45, 7) is 7.30. The topological polar surface area (TPSA) is 58.6 Å². The zero-order valence-corrected chi connectivity index (χ0v) is 24.2. The summed E-state index contributed by atoms with van der Waals surface area (Å²) in [5.41, 5.74) is 1.72. The van der Waals surface area contributed by atoms with Crippen molar-refractivity contribution in [1.29, 1.82) is 0 Å². The lowest BCUT2D eigenvalue weighted by molar-refractivity contribution is -0.116.